The minimum absolute atomic E-state index is 0.00394. The van der Waals surface area contributed by atoms with Crippen LogP contribution < -0.4 is 5.32 Å². The van der Waals surface area contributed by atoms with Gasteiger partial charge in [0.25, 0.3) is 0 Å². The number of carbonyl (C=O) groups excluding carboxylic acids is 1. The van der Waals surface area contributed by atoms with Crippen LogP contribution in [0.3, 0.4) is 0 Å². The van der Waals surface area contributed by atoms with E-state index in [4.69, 9.17) is 0 Å². The smallest absolute Gasteiger partial charge is 0.228 e. The minimum atomic E-state index is 0.00394. The Bertz CT molecular complexity index is 675. The van der Waals surface area contributed by atoms with Gasteiger partial charge in [-0.05, 0) is 45.7 Å². The molecule has 0 radical (unpaired) electrons. The highest BCUT2D eigenvalue weighted by atomic mass is 16.1. The Morgan fingerprint density at radius 1 is 1.14 bits per heavy atom. The first-order chi connectivity index (χ1) is 9.79. The van der Waals surface area contributed by atoms with Gasteiger partial charge in [0.15, 0.2) is 0 Å². The number of amides is 1. The molecule has 112 valence electrons. The van der Waals surface area contributed by atoms with E-state index in [0.717, 1.165) is 33.8 Å². The summed E-state index contributed by atoms with van der Waals surface area (Å²) in [5.41, 5.74) is 7.30. The Hall–Kier alpha value is -2.10. The molecular weight excluding hydrogens is 262 g/mol. The molecule has 0 fully saturated rings. The van der Waals surface area contributed by atoms with Crippen LogP contribution >= 0.6 is 0 Å². The van der Waals surface area contributed by atoms with Gasteiger partial charge in [-0.2, -0.15) is 5.10 Å². The van der Waals surface area contributed by atoms with E-state index >= 15 is 0 Å². The topological polar surface area (TPSA) is 46.9 Å². The molecule has 0 unspecified atom stereocenters. The third kappa shape index (κ3) is 3.15. The van der Waals surface area contributed by atoms with Gasteiger partial charge in [-0.1, -0.05) is 17.7 Å². The first-order valence-corrected chi connectivity index (χ1v) is 7.16. The molecule has 2 aromatic rings. The fourth-order valence-corrected chi connectivity index (χ4v) is 2.79. The van der Waals surface area contributed by atoms with Crippen LogP contribution in [0.1, 0.15) is 33.6 Å². The van der Waals surface area contributed by atoms with Crippen molar-refractivity contribution in [1.82, 2.24) is 9.78 Å². The van der Waals surface area contributed by atoms with Gasteiger partial charge >= 0.3 is 0 Å². The zero-order chi connectivity index (χ0) is 15.7. The molecule has 0 bridgehead atoms. The molecule has 4 nitrogen and oxygen atoms in total. The van der Waals surface area contributed by atoms with E-state index in [1.807, 2.05) is 39.4 Å². The van der Waals surface area contributed by atoms with Gasteiger partial charge in [0.1, 0.15) is 0 Å². The van der Waals surface area contributed by atoms with Gasteiger partial charge in [0.05, 0.1) is 12.1 Å². The lowest BCUT2D eigenvalue weighted by Gasteiger charge is -2.13. The number of aromatic nitrogens is 2. The number of nitrogens with one attached hydrogen (secondary N) is 1. The molecule has 0 atom stereocenters. The Kier molecular flexibility index (Phi) is 4.16. The molecule has 0 spiro atoms. The quantitative estimate of drug-likeness (QED) is 0.941. The highest BCUT2D eigenvalue weighted by Crippen LogP contribution is 2.22. The minimum Gasteiger partial charge on any atom is -0.325 e. The second-order valence-corrected chi connectivity index (χ2v) is 5.77. The fraction of sp³-hybridized carbons (Fsp3) is 0.412. The van der Waals surface area contributed by atoms with E-state index in [-0.39, 0.29) is 5.91 Å². The standard InChI is InChI=1S/C17H23N3O/c1-10-7-11(2)17(12(3)8-10)18-16(21)9-15-13(4)19-20(6)14(15)5/h7-8H,9H2,1-6H3,(H,18,21). The summed E-state index contributed by atoms with van der Waals surface area (Å²) in [6, 6.07) is 4.17. The molecule has 4 heteroatoms. The van der Waals surface area contributed by atoms with E-state index in [9.17, 15) is 4.79 Å². The predicted molar refractivity (Wildman–Crippen MR) is 85.7 cm³/mol. The monoisotopic (exact) mass is 285 g/mol. The SMILES string of the molecule is Cc1cc(C)c(NC(=O)Cc2c(C)nn(C)c2C)c(C)c1. The van der Waals surface area contributed by atoms with E-state index in [1.165, 1.54) is 5.56 Å². The van der Waals surface area contributed by atoms with E-state index in [0.29, 0.717) is 6.42 Å². The largest absolute Gasteiger partial charge is 0.325 e. The summed E-state index contributed by atoms with van der Waals surface area (Å²) in [7, 11) is 1.90. The van der Waals surface area contributed by atoms with Crippen molar-refractivity contribution in [2.75, 3.05) is 5.32 Å². The predicted octanol–water partition coefficient (Wildman–Crippen LogP) is 3.14. The van der Waals surface area contributed by atoms with Crippen LogP contribution in [0.5, 0.6) is 0 Å². The maximum Gasteiger partial charge on any atom is 0.228 e. The third-order valence-corrected chi connectivity index (χ3v) is 3.94. The van der Waals surface area contributed by atoms with Gasteiger partial charge in [-0.3, -0.25) is 9.48 Å². The summed E-state index contributed by atoms with van der Waals surface area (Å²) in [6.45, 7) is 10.0. The molecule has 21 heavy (non-hydrogen) atoms. The van der Waals surface area contributed by atoms with Crippen molar-refractivity contribution in [3.05, 3.63) is 45.8 Å². The van der Waals surface area contributed by atoms with Crippen molar-refractivity contribution in [3.63, 3.8) is 0 Å². The first-order valence-electron chi connectivity index (χ1n) is 7.16. The Labute approximate surface area is 126 Å². The summed E-state index contributed by atoms with van der Waals surface area (Å²) < 4.78 is 1.82. The zero-order valence-corrected chi connectivity index (χ0v) is 13.7. The van der Waals surface area contributed by atoms with Crippen molar-refractivity contribution < 1.29 is 4.79 Å². The lowest BCUT2D eigenvalue weighted by molar-refractivity contribution is -0.115. The molecule has 1 aromatic heterocycles. The number of benzene rings is 1. The van der Waals surface area contributed by atoms with Crippen LogP contribution in [0.2, 0.25) is 0 Å². The van der Waals surface area contributed by atoms with Gasteiger partial charge in [0.2, 0.25) is 5.91 Å². The van der Waals surface area contributed by atoms with E-state index in [1.54, 1.807) is 0 Å². The van der Waals surface area contributed by atoms with Gasteiger partial charge in [0, 0.05) is 24.0 Å². The van der Waals surface area contributed by atoms with Gasteiger partial charge in [-0.15, -0.1) is 0 Å². The number of carbonyl (C=O) groups is 1. The Morgan fingerprint density at radius 3 is 2.19 bits per heavy atom. The van der Waals surface area contributed by atoms with Crippen molar-refractivity contribution >= 4 is 11.6 Å². The molecule has 1 aromatic carbocycles. The summed E-state index contributed by atoms with van der Waals surface area (Å²) in [6.07, 6.45) is 0.359. The number of aryl methyl sites for hydroxylation is 5. The maximum atomic E-state index is 12.3. The zero-order valence-electron chi connectivity index (χ0n) is 13.7. The highest BCUT2D eigenvalue weighted by Gasteiger charge is 2.15. The summed E-state index contributed by atoms with van der Waals surface area (Å²) in [4.78, 5) is 12.3. The van der Waals surface area contributed by atoms with Crippen LogP contribution in [0.25, 0.3) is 0 Å². The van der Waals surface area contributed by atoms with Crippen LogP contribution in [0.15, 0.2) is 12.1 Å². The fourth-order valence-electron chi connectivity index (χ4n) is 2.79. The second kappa shape index (κ2) is 5.72. The molecule has 1 N–H and O–H groups in total. The number of hydrogen-bond donors (Lipinski definition) is 1. The highest BCUT2D eigenvalue weighted by molar-refractivity contribution is 5.94. The average Bonchev–Trinajstić information content (AvgIpc) is 2.60. The lowest BCUT2D eigenvalue weighted by Crippen LogP contribution is -2.17. The number of hydrogen-bond acceptors (Lipinski definition) is 2. The Morgan fingerprint density at radius 2 is 1.71 bits per heavy atom. The van der Waals surface area contributed by atoms with E-state index < -0.39 is 0 Å². The summed E-state index contributed by atoms with van der Waals surface area (Å²) in [5.74, 6) is 0.00394. The number of anilines is 1. The van der Waals surface area contributed by atoms with Crippen LogP contribution in [-0.4, -0.2) is 15.7 Å². The lowest BCUT2D eigenvalue weighted by atomic mass is 10.0. The Balaban J connectivity index is 2.20. The average molecular weight is 285 g/mol. The summed E-state index contributed by atoms with van der Waals surface area (Å²) in [5, 5.41) is 7.40. The van der Waals surface area contributed by atoms with Crippen molar-refractivity contribution in [3.8, 4) is 0 Å². The van der Waals surface area contributed by atoms with Crippen LogP contribution in [-0.2, 0) is 18.3 Å². The normalized spacial score (nSPS) is 10.8. The molecule has 0 aliphatic carbocycles. The first kappa shape index (κ1) is 15.3. The van der Waals surface area contributed by atoms with Crippen LogP contribution in [0.4, 0.5) is 5.69 Å². The van der Waals surface area contributed by atoms with Crippen molar-refractivity contribution in [1.29, 1.82) is 0 Å². The maximum absolute atomic E-state index is 12.3. The number of nitrogens with zero attached hydrogens (tertiary/aromatic N) is 2. The second-order valence-electron chi connectivity index (χ2n) is 5.77. The van der Waals surface area contributed by atoms with Crippen molar-refractivity contribution in [2.45, 2.75) is 41.0 Å². The molecule has 2 rings (SSSR count). The molecule has 0 saturated carbocycles. The summed E-state index contributed by atoms with van der Waals surface area (Å²) >= 11 is 0. The number of rotatable bonds is 3. The van der Waals surface area contributed by atoms with Crippen molar-refractivity contribution in [2.24, 2.45) is 7.05 Å². The third-order valence-electron chi connectivity index (χ3n) is 3.94. The molecule has 1 heterocycles. The molecule has 0 aliphatic rings. The van der Waals surface area contributed by atoms with Gasteiger partial charge < -0.3 is 5.32 Å². The molecule has 1 amide bonds. The van der Waals surface area contributed by atoms with E-state index in [2.05, 4.69) is 29.5 Å². The van der Waals surface area contributed by atoms with Gasteiger partial charge in [-0.25, -0.2) is 0 Å². The molecular formula is C17H23N3O. The molecule has 0 saturated heterocycles. The van der Waals surface area contributed by atoms with Crippen LogP contribution in [0, 0.1) is 34.6 Å². The molecule has 0 aliphatic heterocycles.